The summed E-state index contributed by atoms with van der Waals surface area (Å²) >= 11 is 0. The van der Waals surface area contributed by atoms with E-state index in [1.165, 1.54) is 18.5 Å². The molecule has 0 spiro atoms. The molecule has 2 rings (SSSR count). The van der Waals surface area contributed by atoms with Gasteiger partial charge in [-0.3, -0.25) is 10.3 Å². The van der Waals surface area contributed by atoms with Crippen molar-refractivity contribution >= 4 is 17.7 Å². The summed E-state index contributed by atoms with van der Waals surface area (Å²) in [7, 11) is 0. The highest BCUT2D eigenvalue weighted by molar-refractivity contribution is 5.98. The van der Waals surface area contributed by atoms with E-state index in [-0.39, 0.29) is 11.3 Å². The Balaban J connectivity index is 2.09. The minimum atomic E-state index is -1.16. The Morgan fingerprint density at radius 2 is 1.89 bits per heavy atom. The molecule has 2 N–H and O–H groups in total. The van der Waals surface area contributed by atoms with Crippen LogP contribution in [-0.2, 0) is 0 Å². The maximum atomic E-state index is 11.6. The van der Waals surface area contributed by atoms with Gasteiger partial charge in [-0.25, -0.2) is 9.59 Å². The summed E-state index contributed by atoms with van der Waals surface area (Å²) in [4.78, 5) is 26.3. The Hall–Kier alpha value is -2.89. The second-order valence-corrected chi connectivity index (χ2v) is 3.55. The van der Waals surface area contributed by atoms with E-state index in [0.29, 0.717) is 5.75 Å². The molecule has 0 unspecified atom stereocenters. The molecule has 1 amide bonds. The van der Waals surface area contributed by atoms with Crippen LogP contribution in [0.15, 0.2) is 48.8 Å². The summed E-state index contributed by atoms with van der Waals surface area (Å²) in [5.74, 6) is -0.793. The highest BCUT2D eigenvalue weighted by Gasteiger charge is 2.13. The van der Waals surface area contributed by atoms with E-state index in [9.17, 15) is 9.59 Å². The van der Waals surface area contributed by atoms with E-state index in [1.54, 1.807) is 30.3 Å². The summed E-state index contributed by atoms with van der Waals surface area (Å²) in [5, 5.41) is 11.3. The van der Waals surface area contributed by atoms with Gasteiger partial charge in [-0.2, -0.15) is 0 Å². The van der Waals surface area contributed by atoms with Gasteiger partial charge >= 0.3 is 12.1 Å². The maximum Gasteiger partial charge on any atom is 0.417 e. The number of aromatic nitrogens is 1. The number of carboxylic acids is 1. The zero-order valence-electron chi connectivity index (χ0n) is 9.74. The lowest BCUT2D eigenvalue weighted by Gasteiger charge is -2.08. The van der Waals surface area contributed by atoms with E-state index in [1.807, 2.05) is 0 Å². The van der Waals surface area contributed by atoms with E-state index in [0.717, 1.165) is 0 Å². The number of ether oxygens (including phenoxy) is 1. The lowest BCUT2D eigenvalue weighted by Crippen LogP contribution is -2.18. The van der Waals surface area contributed by atoms with Crippen LogP contribution in [0, 0.1) is 0 Å². The number of aromatic carboxylic acids is 1. The summed E-state index contributed by atoms with van der Waals surface area (Å²) in [5.41, 5.74) is 0.0240. The first-order chi connectivity index (χ1) is 9.16. The summed E-state index contributed by atoms with van der Waals surface area (Å²) in [6.45, 7) is 0. The number of amides is 1. The Kier molecular flexibility index (Phi) is 3.72. The average molecular weight is 258 g/mol. The molecule has 0 aliphatic carbocycles. The van der Waals surface area contributed by atoms with E-state index in [2.05, 4.69) is 10.3 Å². The number of para-hydroxylation sites is 1. The molecule has 96 valence electrons. The Bertz CT molecular complexity index is 599. The number of carboxylic acid groups (broad SMARTS) is 1. The normalized spacial score (nSPS) is 9.68. The van der Waals surface area contributed by atoms with Gasteiger partial charge in [0.2, 0.25) is 0 Å². The highest BCUT2D eigenvalue weighted by atomic mass is 16.6. The third-order valence-corrected chi connectivity index (χ3v) is 2.24. The van der Waals surface area contributed by atoms with Crippen LogP contribution >= 0.6 is 0 Å². The lowest BCUT2D eigenvalue weighted by molar-refractivity contribution is 0.0698. The van der Waals surface area contributed by atoms with E-state index in [4.69, 9.17) is 9.84 Å². The topological polar surface area (TPSA) is 88.5 Å². The monoisotopic (exact) mass is 258 g/mol. The molecule has 0 saturated heterocycles. The van der Waals surface area contributed by atoms with Crippen LogP contribution in [0.5, 0.6) is 5.75 Å². The van der Waals surface area contributed by atoms with Crippen molar-refractivity contribution < 1.29 is 19.4 Å². The van der Waals surface area contributed by atoms with Gasteiger partial charge in [0.15, 0.2) is 0 Å². The Morgan fingerprint density at radius 3 is 2.58 bits per heavy atom. The zero-order valence-corrected chi connectivity index (χ0v) is 9.74. The summed E-state index contributed by atoms with van der Waals surface area (Å²) in [6.07, 6.45) is 1.80. The predicted molar refractivity (Wildman–Crippen MR) is 67.3 cm³/mol. The van der Waals surface area contributed by atoms with Gasteiger partial charge in [-0.1, -0.05) is 18.2 Å². The van der Waals surface area contributed by atoms with Gasteiger partial charge in [-0.05, 0) is 18.2 Å². The molecule has 2 aromatic rings. The van der Waals surface area contributed by atoms with Crippen molar-refractivity contribution in [2.75, 3.05) is 5.32 Å². The van der Waals surface area contributed by atoms with Crippen molar-refractivity contribution in [1.29, 1.82) is 0 Å². The number of nitrogens with one attached hydrogen (secondary N) is 1. The van der Waals surface area contributed by atoms with Crippen LogP contribution in [0.1, 0.15) is 10.4 Å². The summed E-state index contributed by atoms with van der Waals surface area (Å²) < 4.78 is 4.98. The number of carbonyl (C=O) groups excluding carboxylic acids is 1. The minimum Gasteiger partial charge on any atom is -0.478 e. The quantitative estimate of drug-likeness (QED) is 0.882. The molecule has 0 radical (unpaired) electrons. The van der Waals surface area contributed by atoms with E-state index >= 15 is 0 Å². The molecule has 0 atom stereocenters. The molecule has 0 bridgehead atoms. The lowest BCUT2D eigenvalue weighted by atomic mass is 10.2. The average Bonchev–Trinajstić information content (AvgIpc) is 2.40. The molecule has 0 aliphatic heterocycles. The predicted octanol–water partition coefficient (Wildman–Crippen LogP) is 2.39. The first kappa shape index (κ1) is 12.6. The fraction of sp³-hybridized carbons (Fsp3) is 0. The van der Waals surface area contributed by atoms with Crippen LogP contribution in [0.4, 0.5) is 10.5 Å². The molecule has 0 fully saturated rings. The number of rotatable bonds is 3. The zero-order chi connectivity index (χ0) is 13.7. The molecule has 0 saturated carbocycles. The van der Waals surface area contributed by atoms with Crippen molar-refractivity contribution in [3.05, 3.63) is 54.4 Å². The molecule has 6 nitrogen and oxygen atoms in total. The second kappa shape index (κ2) is 5.63. The Morgan fingerprint density at radius 1 is 1.16 bits per heavy atom. The van der Waals surface area contributed by atoms with Crippen LogP contribution in [0.3, 0.4) is 0 Å². The molecular formula is C13H10N2O4. The molecular weight excluding hydrogens is 248 g/mol. The third-order valence-electron chi connectivity index (χ3n) is 2.24. The van der Waals surface area contributed by atoms with Crippen molar-refractivity contribution in [3.8, 4) is 5.75 Å². The van der Waals surface area contributed by atoms with Crippen molar-refractivity contribution in [3.63, 3.8) is 0 Å². The minimum absolute atomic E-state index is 0.0555. The van der Waals surface area contributed by atoms with Crippen LogP contribution < -0.4 is 10.1 Å². The molecule has 1 aromatic carbocycles. The molecule has 0 aliphatic rings. The van der Waals surface area contributed by atoms with Crippen molar-refractivity contribution in [2.24, 2.45) is 0 Å². The number of benzene rings is 1. The molecule has 19 heavy (non-hydrogen) atoms. The number of carbonyl (C=O) groups is 2. The first-order valence-electron chi connectivity index (χ1n) is 5.38. The number of hydrogen-bond donors (Lipinski definition) is 2. The van der Waals surface area contributed by atoms with Crippen molar-refractivity contribution in [2.45, 2.75) is 0 Å². The van der Waals surface area contributed by atoms with Gasteiger partial charge in [0, 0.05) is 6.20 Å². The number of pyridine rings is 1. The van der Waals surface area contributed by atoms with Gasteiger partial charge in [0.1, 0.15) is 5.75 Å². The molecule has 1 heterocycles. The smallest absolute Gasteiger partial charge is 0.417 e. The first-order valence-corrected chi connectivity index (χ1v) is 5.38. The SMILES string of the molecule is O=C(Nc1cnccc1C(=O)O)Oc1ccccc1. The van der Waals surface area contributed by atoms with Crippen LogP contribution in [-0.4, -0.2) is 22.2 Å². The van der Waals surface area contributed by atoms with Gasteiger partial charge in [-0.15, -0.1) is 0 Å². The van der Waals surface area contributed by atoms with Gasteiger partial charge in [0.05, 0.1) is 17.4 Å². The number of nitrogens with zero attached hydrogens (tertiary/aromatic N) is 1. The van der Waals surface area contributed by atoms with Crippen molar-refractivity contribution in [1.82, 2.24) is 4.98 Å². The fourth-order valence-corrected chi connectivity index (χ4v) is 1.41. The molecule has 1 aromatic heterocycles. The fourth-order valence-electron chi connectivity index (χ4n) is 1.41. The van der Waals surface area contributed by atoms with Crippen LogP contribution in [0.2, 0.25) is 0 Å². The maximum absolute atomic E-state index is 11.6. The van der Waals surface area contributed by atoms with Gasteiger partial charge in [0.25, 0.3) is 0 Å². The van der Waals surface area contributed by atoms with Gasteiger partial charge < -0.3 is 9.84 Å². The highest BCUT2D eigenvalue weighted by Crippen LogP contribution is 2.15. The standard InChI is InChI=1S/C13H10N2O4/c16-12(17)10-6-7-14-8-11(10)15-13(18)19-9-4-2-1-3-5-9/h1-8H,(H,15,18)(H,16,17). The Labute approximate surface area is 108 Å². The molecule has 6 heteroatoms. The number of anilines is 1. The second-order valence-electron chi connectivity index (χ2n) is 3.55. The largest absolute Gasteiger partial charge is 0.478 e. The summed E-state index contributed by atoms with van der Waals surface area (Å²) in [6, 6.07) is 9.74. The van der Waals surface area contributed by atoms with E-state index < -0.39 is 12.1 Å². The number of hydrogen-bond acceptors (Lipinski definition) is 4. The third kappa shape index (κ3) is 3.29. The van der Waals surface area contributed by atoms with Crippen LogP contribution in [0.25, 0.3) is 0 Å².